The molecule has 0 fully saturated rings. The van der Waals surface area contributed by atoms with Gasteiger partial charge in [0.2, 0.25) is 0 Å². The van der Waals surface area contributed by atoms with E-state index < -0.39 is 0 Å². The molecule has 3 heteroatoms. The van der Waals surface area contributed by atoms with Gasteiger partial charge in [0.25, 0.3) is 0 Å². The van der Waals surface area contributed by atoms with Gasteiger partial charge in [0, 0.05) is 5.56 Å². The maximum atomic E-state index is 5.98. The molecule has 1 nitrogen and oxygen atoms in total. The predicted octanol–water partition coefficient (Wildman–Crippen LogP) is 2.24. The van der Waals surface area contributed by atoms with E-state index in [0.717, 1.165) is 19.0 Å². The average Bonchev–Trinajstić information content (AvgIpc) is 2.57. The molecule has 0 amide bonds. The van der Waals surface area contributed by atoms with Crippen LogP contribution in [0.25, 0.3) is 0 Å². The van der Waals surface area contributed by atoms with E-state index in [1.165, 1.54) is 76.3 Å². The van der Waals surface area contributed by atoms with Gasteiger partial charge in [0.05, 0.1) is 19.0 Å². The van der Waals surface area contributed by atoms with E-state index in [9.17, 15) is 0 Å². The smallest absolute Gasteiger partial charge is 0.103 e. The highest BCUT2D eigenvalue weighted by Gasteiger charge is 2.08. The summed E-state index contributed by atoms with van der Waals surface area (Å²) in [7, 11) is 0. The molecule has 0 aromatic heterocycles. The van der Waals surface area contributed by atoms with E-state index in [0.29, 0.717) is 0 Å². The van der Waals surface area contributed by atoms with Gasteiger partial charge >= 0.3 is 0 Å². The topological polar surface area (TPSA) is 4.44 Å². The lowest BCUT2D eigenvalue weighted by atomic mass is 10.1. The molecule has 1 aromatic carbocycles. The van der Waals surface area contributed by atoms with Crippen LogP contribution in [0, 0.1) is 0 Å². The summed E-state index contributed by atoms with van der Waals surface area (Å²) in [6, 6.07) is 10.8. The van der Waals surface area contributed by atoms with Crippen molar-refractivity contribution in [2.45, 2.75) is 77.7 Å². The highest BCUT2D eigenvalue weighted by Crippen LogP contribution is 2.10. The first-order valence-corrected chi connectivity index (χ1v) is 10.3. The van der Waals surface area contributed by atoms with Crippen LogP contribution in [-0.2, 0) is 6.54 Å². The van der Waals surface area contributed by atoms with Crippen molar-refractivity contribution >= 4 is 11.6 Å². The van der Waals surface area contributed by atoms with Crippen molar-refractivity contribution in [3.63, 3.8) is 0 Å². The molecular weight excluding hydrogens is 337 g/mol. The van der Waals surface area contributed by atoms with Crippen molar-refractivity contribution in [3.05, 3.63) is 35.9 Å². The predicted molar refractivity (Wildman–Crippen MR) is 103 cm³/mol. The molecular formula is C21H37Cl2N. The molecule has 0 aliphatic heterocycles. The van der Waals surface area contributed by atoms with Crippen molar-refractivity contribution in [1.29, 1.82) is 0 Å². The zero-order valence-electron chi connectivity index (χ0n) is 15.5. The summed E-state index contributed by atoms with van der Waals surface area (Å²) in [4.78, 5) is 1.63. The molecule has 1 unspecified atom stereocenters. The number of unbranched alkanes of at least 4 members (excludes halogenated alkanes) is 9. The molecule has 0 bridgehead atoms. The molecule has 1 atom stereocenters. The van der Waals surface area contributed by atoms with E-state index >= 15 is 0 Å². The highest BCUT2D eigenvalue weighted by molar-refractivity contribution is 6.17. The van der Waals surface area contributed by atoms with Crippen molar-refractivity contribution < 1.29 is 17.3 Å². The van der Waals surface area contributed by atoms with Crippen molar-refractivity contribution in [3.8, 4) is 0 Å². The van der Waals surface area contributed by atoms with Crippen molar-refractivity contribution in [2.75, 3.05) is 19.0 Å². The monoisotopic (exact) mass is 373 g/mol. The minimum absolute atomic E-state index is 0. The third-order valence-corrected chi connectivity index (χ3v) is 4.82. The lowest BCUT2D eigenvalue weighted by Crippen LogP contribution is -3.11. The summed E-state index contributed by atoms with van der Waals surface area (Å²) >= 11 is 5.98. The van der Waals surface area contributed by atoms with E-state index in [2.05, 4.69) is 37.3 Å². The number of benzene rings is 1. The van der Waals surface area contributed by atoms with Gasteiger partial charge in [-0.2, -0.15) is 0 Å². The number of hydrogen-bond acceptors (Lipinski definition) is 0. The molecule has 24 heavy (non-hydrogen) atoms. The first-order valence-electron chi connectivity index (χ1n) is 9.80. The molecule has 1 aromatic rings. The lowest BCUT2D eigenvalue weighted by molar-refractivity contribution is -0.911. The standard InChI is InChI=1S/C21H36ClN.ClH/c1-2-3-4-5-6-7-8-9-10-14-18-23(19-17-22)20-21-15-12-11-13-16-21;/h11-13,15-16H,2-10,14,17-20H2,1H3;1H. The van der Waals surface area contributed by atoms with Crippen LogP contribution in [0.1, 0.15) is 76.7 Å². The second-order valence-electron chi connectivity index (χ2n) is 6.78. The van der Waals surface area contributed by atoms with Gasteiger partial charge < -0.3 is 17.3 Å². The van der Waals surface area contributed by atoms with Crippen molar-refractivity contribution in [2.24, 2.45) is 0 Å². The summed E-state index contributed by atoms with van der Waals surface area (Å²) in [5.74, 6) is 0.764. The van der Waals surface area contributed by atoms with Crippen LogP contribution < -0.4 is 17.3 Å². The van der Waals surface area contributed by atoms with Gasteiger partial charge in [-0.1, -0.05) is 88.6 Å². The van der Waals surface area contributed by atoms with Crippen LogP contribution in [0.4, 0.5) is 0 Å². The Morgan fingerprint density at radius 3 is 1.83 bits per heavy atom. The van der Waals surface area contributed by atoms with E-state index in [1.54, 1.807) is 4.90 Å². The zero-order valence-corrected chi connectivity index (χ0v) is 17.1. The van der Waals surface area contributed by atoms with Crippen molar-refractivity contribution in [1.82, 2.24) is 0 Å². The fraction of sp³-hybridized carbons (Fsp3) is 0.714. The molecule has 1 rings (SSSR count). The Bertz CT molecular complexity index is 356. The minimum Gasteiger partial charge on any atom is -1.00 e. The van der Waals surface area contributed by atoms with Gasteiger partial charge in [0.15, 0.2) is 0 Å². The second kappa shape index (κ2) is 17.6. The van der Waals surface area contributed by atoms with E-state index in [1.807, 2.05) is 0 Å². The molecule has 0 radical (unpaired) electrons. The molecule has 140 valence electrons. The fourth-order valence-corrected chi connectivity index (χ4v) is 3.45. The number of hydrogen-bond donors (Lipinski definition) is 1. The number of nitrogens with one attached hydrogen (secondary N) is 1. The Hall–Kier alpha value is -0.240. The molecule has 1 N–H and O–H groups in total. The average molecular weight is 374 g/mol. The molecule has 0 saturated carbocycles. The fourth-order valence-electron chi connectivity index (χ4n) is 3.18. The van der Waals surface area contributed by atoms with Crippen LogP contribution in [0.3, 0.4) is 0 Å². The summed E-state index contributed by atoms with van der Waals surface area (Å²) in [5.41, 5.74) is 1.43. The number of quaternary nitrogens is 1. The van der Waals surface area contributed by atoms with Crippen LogP contribution in [0.2, 0.25) is 0 Å². The molecule has 0 saturated heterocycles. The molecule has 0 heterocycles. The first-order chi connectivity index (χ1) is 11.4. The van der Waals surface area contributed by atoms with Gasteiger partial charge in [0.1, 0.15) is 6.54 Å². The van der Waals surface area contributed by atoms with E-state index in [4.69, 9.17) is 11.6 Å². The number of alkyl halides is 1. The SMILES string of the molecule is CCCCCCCCCCCC[NH+](CCCl)Cc1ccccc1.[Cl-]. The van der Waals surface area contributed by atoms with Gasteiger partial charge in [-0.25, -0.2) is 0 Å². The summed E-state index contributed by atoms with van der Waals surface area (Å²) in [5, 5.41) is 0. The Kier molecular flexibility index (Phi) is 17.4. The Morgan fingerprint density at radius 2 is 1.29 bits per heavy atom. The largest absolute Gasteiger partial charge is 1.00 e. The van der Waals surface area contributed by atoms with Crippen LogP contribution >= 0.6 is 11.6 Å². The second-order valence-corrected chi connectivity index (χ2v) is 7.16. The zero-order chi connectivity index (χ0) is 16.6. The van der Waals surface area contributed by atoms with Crippen LogP contribution in [0.5, 0.6) is 0 Å². The highest BCUT2D eigenvalue weighted by atomic mass is 35.5. The summed E-state index contributed by atoms with van der Waals surface area (Å²) in [6.07, 6.45) is 14.1. The molecule has 0 spiro atoms. The summed E-state index contributed by atoms with van der Waals surface area (Å²) < 4.78 is 0. The summed E-state index contributed by atoms with van der Waals surface area (Å²) in [6.45, 7) is 5.74. The number of halogens is 2. The Balaban J connectivity index is 0.00000529. The third kappa shape index (κ3) is 13.1. The third-order valence-electron chi connectivity index (χ3n) is 4.63. The lowest BCUT2D eigenvalue weighted by Gasteiger charge is -2.18. The van der Waals surface area contributed by atoms with Crippen LogP contribution in [0.15, 0.2) is 30.3 Å². The van der Waals surface area contributed by atoms with Gasteiger partial charge in [-0.05, 0) is 12.8 Å². The molecule has 0 aliphatic rings. The molecule has 0 aliphatic carbocycles. The quantitative estimate of drug-likeness (QED) is 0.355. The Labute approximate surface area is 161 Å². The number of rotatable bonds is 15. The minimum atomic E-state index is 0. The van der Waals surface area contributed by atoms with E-state index in [-0.39, 0.29) is 12.4 Å². The maximum absolute atomic E-state index is 5.98. The van der Waals surface area contributed by atoms with Gasteiger partial charge in [-0.3, -0.25) is 0 Å². The van der Waals surface area contributed by atoms with Gasteiger partial charge in [-0.15, -0.1) is 11.6 Å². The van der Waals surface area contributed by atoms with Crippen LogP contribution in [-0.4, -0.2) is 19.0 Å². The maximum Gasteiger partial charge on any atom is 0.103 e. The normalized spacial score (nSPS) is 11.9. The Morgan fingerprint density at radius 1 is 0.750 bits per heavy atom. The first kappa shape index (κ1) is 23.8.